The molecule has 4 rings (SSSR count). The lowest BCUT2D eigenvalue weighted by Gasteiger charge is -2.10. The molecule has 0 aliphatic carbocycles. The van der Waals surface area contributed by atoms with E-state index in [2.05, 4.69) is 0 Å². The van der Waals surface area contributed by atoms with Gasteiger partial charge in [0, 0.05) is 17.2 Å². The molecule has 1 heterocycles. The van der Waals surface area contributed by atoms with E-state index in [0.29, 0.717) is 39.2 Å². The fourth-order valence-electron chi connectivity index (χ4n) is 3.03. The van der Waals surface area contributed by atoms with Crippen LogP contribution in [0.15, 0.2) is 82.2 Å². The Bertz CT molecular complexity index is 1200. The first-order valence-electron chi connectivity index (χ1n) is 8.72. The predicted octanol–water partition coefficient (Wildman–Crippen LogP) is 5.19. The zero-order valence-electron chi connectivity index (χ0n) is 15.1. The Hall–Kier alpha value is -3.60. The Morgan fingerprint density at radius 3 is 2.57 bits per heavy atom. The second-order valence-corrected chi connectivity index (χ2v) is 6.22. The molecule has 140 valence electrons. The van der Waals surface area contributed by atoms with Crippen molar-refractivity contribution in [1.29, 1.82) is 0 Å². The largest absolute Gasteiger partial charge is 0.496 e. The van der Waals surface area contributed by atoms with Gasteiger partial charge in [-0.3, -0.25) is 4.79 Å². The van der Waals surface area contributed by atoms with Crippen LogP contribution in [0.3, 0.4) is 0 Å². The minimum absolute atomic E-state index is 0.0850. The van der Waals surface area contributed by atoms with E-state index in [1.807, 2.05) is 18.2 Å². The van der Waals surface area contributed by atoms with Crippen LogP contribution in [-0.2, 0) is 6.61 Å². The number of hydrogen-bond acceptors (Lipinski definition) is 4. The first kappa shape index (κ1) is 17.8. The van der Waals surface area contributed by atoms with Crippen molar-refractivity contribution in [3.05, 3.63) is 94.6 Å². The molecule has 0 aliphatic rings. The Kier molecular flexibility index (Phi) is 4.81. The summed E-state index contributed by atoms with van der Waals surface area (Å²) in [6.07, 6.45) is 1.42. The van der Waals surface area contributed by atoms with Crippen LogP contribution in [0.25, 0.3) is 22.1 Å². The van der Waals surface area contributed by atoms with Crippen LogP contribution in [0.1, 0.15) is 5.56 Å². The topological polar surface area (TPSA) is 48.7 Å². The molecule has 4 aromatic rings. The zero-order chi connectivity index (χ0) is 19.5. The van der Waals surface area contributed by atoms with Gasteiger partial charge in [0.1, 0.15) is 35.8 Å². The Morgan fingerprint density at radius 1 is 0.964 bits per heavy atom. The molecule has 0 fully saturated rings. The standard InChI is InChI=1S/C23H17FO4/c1-26-21-9-5-3-7-17(21)19-14-28-22-12-16(10-11-18(22)23(19)25)27-13-15-6-2-4-8-20(15)24/h2-12,14H,13H2,1H3. The number of methoxy groups -OCH3 is 1. The van der Waals surface area contributed by atoms with Crippen molar-refractivity contribution in [2.75, 3.05) is 7.11 Å². The van der Waals surface area contributed by atoms with E-state index < -0.39 is 0 Å². The van der Waals surface area contributed by atoms with E-state index in [0.717, 1.165) is 0 Å². The highest BCUT2D eigenvalue weighted by Crippen LogP contribution is 2.29. The van der Waals surface area contributed by atoms with Crippen molar-refractivity contribution in [2.24, 2.45) is 0 Å². The molecule has 0 aliphatic heterocycles. The first-order chi connectivity index (χ1) is 13.7. The lowest BCUT2D eigenvalue weighted by molar-refractivity contribution is 0.300. The van der Waals surface area contributed by atoms with Crippen molar-refractivity contribution in [3.8, 4) is 22.6 Å². The number of hydrogen-bond donors (Lipinski definition) is 0. The molecule has 0 atom stereocenters. The minimum Gasteiger partial charge on any atom is -0.496 e. The SMILES string of the molecule is COc1ccccc1-c1coc2cc(OCc3ccccc3F)ccc2c1=O. The third-order valence-electron chi connectivity index (χ3n) is 4.50. The van der Waals surface area contributed by atoms with Gasteiger partial charge in [0.05, 0.1) is 18.1 Å². The maximum atomic E-state index is 13.7. The highest BCUT2D eigenvalue weighted by atomic mass is 19.1. The van der Waals surface area contributed by atoms with E-state index in [1.54, 1.807) is 49.6 Å². The lowest BCUT2D eigenvalue weighted by atomic mass is 10.0. The van der Waals surface area contributed by atoms with Crippen LogP contribution in [0, 0.1) is 5.82 Å². The molecule has 1 aromatic heterocycles. The van der Waals surface area contributed by atoms with Gasteiger partial charge in [-0.25, -0.2) is 4.39 Å². The third kappa shape index (κ3) is 3.34. The van der Waals surface area contributed by atoms with Crippen molar-refractivity contribution >= 4 is 11.0 Å². The predicted molar refractivity (Wildman–Crippen MR) is 105 cm³/mol. The van der Waals surface area contributed by atoms with Gasteiger partial charge < -0.3 is 13.9 Å². The van der Waals surface area contributed by atoms with Crippen LogP contribution in [0.5, 0.6) is 11.5 Å². The average Bonchev–Trinajstić information content (AvgIpc) is 2.73. The van der Waals surface area contributed by atoms with Gasteiger partial charge in [-0.1, -0.05) is 36.4 Å². The maximum Gasteiger partial charge on any atom is 0.200 e. The minimum atomic E-state index is -0.323. The Balaban J connectivity index is 1.67. The molecule has 0 N–H and O–H groups in total. The molecular formula is C23H17FO4. The van der Waals surface area contributed by atoms with Gasteiger partial charge >= 0.3 is 0 Å². The summed E-state index contributed by atoms with van der Waals surface area (Å²) in [7, 11) is 1.56. The summed E-state index contributed by atoms with van der Waals surface area (Å²) >= 11 is 0. The molecule has 0 amide bonds. The van der Waals surface area contributed by atoms with Crippen LogP contribution in [0.2, 0.25) is 0 Å². The summed E-state index contributed by atoms with van der Waals surface area (Å²) in [5.74, 6) is 0.763. The summed E-state index contributed by atoms with van der Waals surface area (Å²) in [5, 5.41) is 0.432. The number of benzene rings is 3. The molecule has 0 radical (unpaired) electrons. The van der Waals surface area contributed by atoms with E-state index in [4.69, 9.17) is 13.9 Å². The normalized spacial score (nSPS) is 10.8. The Morgan fingerprint density at radius 2 is 1.75 bits per heavy atom. The summed E-state index contributed by atoms with van der Waals surface area (Å²) in [6.45, 7) is 0.0850. The quantitative estimate of drug-likeness (QED) is 0.481. The van der Waals surface area contributed by atoms with Gasteiger partial charge in [0.2, 0.25) is 5.43 Å². The van der Waals surface area contributed by atoms with E-state index in [-0.39, 0.29) is 17.9 Å². The fourth-order valence-corrected chi connectivity index (χ4v) is 3.03. The number of para-hydroxylation sites is 1. The first-order valence-corrected chi connectivity index (χ1v) is 8.72. The molecule has 0 saturated heterocycles. The van der Waals surface area contributed by atoms with Crippen LogP contribution < -0.4 is 14.9 Å². The van der Waals surface area contributed by atoms with Crippen molar-refractivity contribution in [3.63, 3.8) is 0 Å². The number of halogens is 1. The van der Waals surface area contributed by atoms with E-state index in [9.17, 15) is 9.18 Å². The van der Waals surface area contributed by atoms with Crippen LogP contribution >= 0.6 is 0 Å². The lowest BCUT2D eigenvalue weighted by Crippen LogP contribution is -2.06. The maximum absolute atomic E-state index is 13.7. The molecule has 0 bridgehead atoms. The van der Waals surface area contributed by atoms with Crippen molar-refractivity contribution < 1.29 is 18.3 Å². The molecule has 0 saturated carbocycles. The number of rotatable bonds is 5. The molecule has 28 heavy (non-hydrogen) atoms. The summed E-state index contributed by atoms with van der Waals surface area (Å²) < 4.78 is 30.4. The molecule has 3 aromatic carbocycles. The van der Waals surface area contributed by atoms with E-state index in [1.165, 1.54) is 12.3 Å². The van der Waals surface area contributed by atoms with Gasteiger partial charge in [-0.05, 0) is 24.3 Å². The highest BCUT2D eigenvalue weighted by molar-refractivity contribution is 5.83. The van der Waals surface area contributed by atoms with Crippen LogP contribution in [0.4, 0.5) is 4.39 Å². The highest BCUT2D eigenvalue weighted by Gasteiger charge is 2.13. The number of fused-ring (bicyclic) bond motifs is 1. The molecular weight excluding hydrogens is 359 g/mol. The Labute approximate surface area is 160 Å². The summed E-state index contributed by atoms with van der Waals surface area (Å²) in [5.41, 5.74) is 1.78. The average molecular weight is 376 g/mol. The smallest absolute Gasteiger partial charge is 0.200 e. The van der Waals surface area contributed by atoms with E-state index >= 15 is 0 Å². The molecule has 4 nitrogen and oxygen atoms in total. The van der Waals surface area contributed by atoms with Gasteiger partial charge in [-0.15, -0.1) is 0 Å². The molecule has 0 spiro atoms. The number of ether oxygens (including phenoxy) is 2. The summed E-state index contributed by atoms with van der Waals surface area (Å²) in [4.78, 5) is 12.9. The van der Waals surface area contributed by atoms with Gasteiger partial charge in [0.15, 0.2) is 0 Å². The van der Waals surface area contributed by atoms with Crippen LogP contribution in [-0.4, -0.2) is 7.11 Å². The van der Waals surface area contributed by atoms with Crippen molar-refractivity contribution in [1.82, 2.24) is 0 Å². The molecule has 0 unspecified atom stereocenters. The third-order valence-corrected chi connectivity index (χ3v) is 4.50. The second-order valence-electron chi connectivity index (χ2n) is 6.22. The zero-order valence-corrected chi connectivity index (χ0v) is 15.1. The summed E-state index contributed by atoms with van der Waals surface area (Å²) in [6, 6.07) is 18.6. The monoisotopic (exact) mass is 376 g/mol. The second kappa shape index (κ2) is 7.56. The molecule has 5 heteroatoms. The fraction of sp³-hybridized carbons (Fsp3) is 0.0870. The van der Waals surface area contributed by atoms with Gasteiger partial charge in [0.25, 0.3) is 0 Å². The van der Waals surface area contributed by atoms with Crippen molar-refractivity contribution in [2.45, 2.75) is 6.61 Å². The van der Waals surface area contributed by atoms with Gasteiger partial charge in [-0.2, -0.15) is 0 Å².